The molecule has 260 valence electrons. The topological polar surface area (TPSA) is 99.6 Å². The molecule has 0 saturated carbocycles. The van der Waals surface area contributed by atoms with Crippen molar-refractivity contribution in [3.63, 3.8) is 0 Å². The normalized spacial score (nSPS) is 29.8. The highest BCUT2D eigenvalue weighted by Gasteiger charge is 2.40. The molecule has 0 unspecified atom stereocenters. The van der Waals surface area contributed by atoms with Gasteiger partial charge in [-0.15, -0.1) is 0 Å². The number of nitrogens with zero attached hydrogens (tertiary/aromatic N) is 3. The summed E-state index contributed by atoms with van der Waals surface area (Å²) in [6.07, 6.45) is 4.97. The average molecular weight is 628 g/mol. The Balaban J connectivity index is 0.00000141. The lowest BCUT2D eigenvalue weighted by atomic mass is 9.78. The number of rotatable bonds is 4. The number of carbonyl (C=O) groups excluding carboxylic acids is 3. The summed E-state index contributed by atoms with van der Waals surface area (Å²) in [5, 5.41) is 9.03. The van der Waals surface area contributed by atoms with Gasteiger partial charge in [-0.3, -0.25) is 19.3 Å². The molecule has 2 aliphatic rings. The van der Waals surface area contributed by atoms with Gasteiger partial charge in [0.05, 0.1) is 19.3 Å². The average Bonchev–Trinajstić information content (AvgIpc) is 2.91. The summed E-state index contributed by atoms with van der Waals surface area (Å²) in [5.41, 5.74) is -1.16. The number of carbonyl (C=O) groups is 3. The molecule has 1 N–H and O–H groups in total. The van der Waals surface area contributed by atoms with Crippen LogP contribution in [0.2, 0.25) is 0 Å². The van der Waals surface area contributed by atoms with E-state index >= 15 is 0 Å². The van der Waals surface area contributed by atoms with Gasteiger partial charge in [-0.05, 0) is 91.3 Å². The fourth-order valence-electron chi connectivity index (χ4n) is 6.34. The van der Waals surface area contributed by atoms with E-state index < -0.39 is 17.7 Å². The maximum atomic E-state index is 13.0. The van der Waals surface area contributed by atoms with Crippen LogP contribution >= 0.6 is 0 Å². The van der Waals surface area contributed by atoms with Crippen molar-refractivity contribution in [2.45, 2.75) is 120 Å². The molecule has 2 aliphatic heterocycles. The molecule has 44 heavy (non-hydrogen) atoms. The van der Waals surface area contributed by atoms with Crippen molar-refractivity contribution >= 4 is 17.7 Å². The van der Waals surface area contributed by atoms with E-state index in [1.54, 1.807) is 13.8 Å². The standard InChI is InChI=1S/C26H49N3O4.C7H14O2.C2H6/c1-9-11-27(7)19-23(30)29-12-10-15-33-25(32)26(5,6)24(31)22(4)17-20(2)16-21(3)18-28(8)13-14-29;1-5-3-6(2)9-7(8)4-5;1-2/h20-22H,9-19H2,1-8H3;5-8H,3-4H2,1-2H3;1-2H3/t20-,21-,22-;5-,6+,7+;/m10./s1. The number of hydrogen-bond donors (Lipinski definition) is 1. The van der Waals surface area contributed by atoms with Gasteiger partial charge in [-0.25, -0.2) is 0 Å². The lowest BCUT2D eigenvalue weighted by molar-refractivity contribution is -0.169. The van der Waals surface area contributed by atoms with E-state index in [1.807, 2.05) is 44.5 Å². The number of cyclic esters (lactones) is 1. The molecule has 2 heterocycles. The third kappa shape index (κ3) is 16.7. The van der Waals surface area contributed by atoms with Crippen LogP contribution in [0.5, 0.6) is 0 Å². The predicted molar refractivity (Wildman–Crippen MR) is 179 cm³/mol. The van der Waals surface area contributed by atoms with Crippen molar-refractivity contribution in [3.8, 4) is 0 Å². The van der Waals surface area contributed by atoms with E-state index in [-0.39, 0.29) is 30.3 Å². The third-order valence-corrected chi connectivity index (χ3v) is 8.41. The van der Waals surface area contributed by atoms with Crippen LogP contribution in [0, 0.1) is 29.1 Å². The molecular formula is C35H69N3O6. The molecule has 2 fully saturated rings. The number of esters is 1. The molecule has 2 rings (SSSR count). The summed E-state index contributed by atoms with van der Waals surface area (Å²) in [5.74, 6) is 0.895. The first-order valence-electron chi connectivity index (χ1n) is 17.3. The summed E-state index contributed by atoms with van der Waals surface area (Å²) < 4.78 is 10.6. The van der Waals surface area contributed by atoms with Crippen LogP contribution in [0.3, 0.4) is 0 Å². The number of likely N-dealkylation sites (N-methyl/N-ethyl adjacent to an activating group) is 2. The van der Waals surface area contributed by atoms with Crippen LogP contribution in [0.4, 0.5) is 0 Å². The summed E-state index contributed by atoms with van der Waals surface area (Å²) >= 11 is 0. The number of aliphatic hydroxyl groups is 1. The van der Waals surface area contributed by atoms with Gasteiger partial charge in [0.2, 0.25) is 5.91 Å². The first-order chi connectivity index (χ1) is 20.6. The van der Waals surface area contributed by atoms with Crippen LogP contribution < -0.4 is 0 Å². The molecule has 2 saturated heterocycles. The molecule has 0 bridgehead atoms. The summed E-state index contributed by atoms with van der Waals surface area (Å²) in [4.78, 5) is 44.9. The van der Waals surface area contributed by atoms with E-state index in [9.17, 15) is 14.4 Å². The lowest BCUT2D eigenvalue weighted by Gasteiger charge is -2.29. The maximum Gasteiger partial charge on any atom is 0.319 e. The Labute approximate surface area is 270 Å². The largest absolute Gasteiger partial charge is 0.465 e. The van der Waals surface area contributed by atoms with Gasteiger partial charge < -0.3 is 24.4 Å². The minimum atomic E-state index is -1.16. The molecular weight excluding hydrogens is 558 g/mol. The second-order valence-electron chi connectivity index (χ2n) is 13.9. The highest BCUT2D eigenvalue weighted by Crippen LogP contribution is 2.29. The van der Waals surface area contributed by atoms with Crippen LogP contribution in [0.25, 0.3) is 0 Å². The van der Waals surface area contributed by atoms with Crippen molar-refractivity contribution in [3.05, 3.63) is 0 Å². The summed E-state index contributed by atoms with van der Waals surface area (Å²) in [6.45, 7) is 24.4. The highest BCUT2D eigenvalue weighted by molar-refractivity contribution is 6.03. The van der Waals surface area contributed by atoms with Crippen LogP contribution in [0.15, 0.2) is 0 Å². The monoisotopic (exact) mass is 628 g/mol. The van der Waals surface area contributed by atoms with E-state index in [0.717, 1.165) is 51.7 Å². The fourth-order valence-corrected chi connectivity index (χ4v) is 6.34. The Morgan fingerprint density at radius 3 is 2.14 bits per heavy atom. The second kappa shape index (κ2) is 22.1. The zero-order valence-electron chi connectivity index (χ0n) is 30.5. The zero-order chi connectivity index (χ0) is 34.0. The van der Waals surface area contributed by atoms with Gasteiger partial charge >= 0.3 is 5.97 Å². The van der Waals surface area contributed by atoms with Crippen molar-refractivity contribution < 1.29 is 29.0 Å². The van der Waals surface area contributed by atoms with E-state index in [0.29, 0.717) is 43.8 Å². The van der Waals surface area contributed by atoms with Gasteiger partial charge in [-0.2, -0.15) is 0 Å². The number of ether oxygens (including phenoxy) is 2. The number of Topliss-reactive ketones (excluding diaryl/α,β-unsaturated/α-hetero) is 1. The third-order valence-electron chi connectivity index (χ3n) is 8.41. The van der Waals surface area contributed by atoms with Crippen LogP contribution in [0.1, 0.15) is 108 Å². The summed E-state index contributed by atoms with van der Waals surface area (Å²) in [7, 11) is 4.08. The molecule has 0 aromatic carbocycles. The molecule has 9 nitrogen and oxygen atoms in total. The van der Waals surface area contributed by atoms with Crippen LogP contribution in [-0.2, 0) is 23.9 Å². The SMILES string of the molecule is CC.CCCN(C)CC(=O)N1CCCOC(=O)C(C)(C)C(=O)[C@H](C)C[C@H](C)C[C@@H](C)CN(C)CC1.C[C@H]1C[C@@H](C)O[C@@H](O)C1. The first kappa shape index (κ1) is 42.5. The number of amides is 1. The van der Waals surface area contributed by atoms with Gasteiger partial charge in [0.1, 0.15) is 5.41 Å². The van der Waals surface area contributed by atoms with Crippen molar-refractivity contribution in [1.82, 2.24) is 14.7 Å². The van der Waals surface area contributed by atoms with Crippen molar-refractivity contribution in [1.29, 1.82) is 0 Å². The Hall–Kier alpha value is -1.55. The van der Waals surface area contributed by atoms with Gasteiger partial charge in [-0.1, -0.05) is 48.5 Å². The Bertz CT molecular complexity index is 797. The maximum absolute atomic E-state index is 13.0. The lowest BCUT2D eigenvalue weighted by Crippen LogP contribution is -2.44. The second-order valence-corrected chi connectivity index (χ2v) is 13.9. The number of hydrogen-bond acceptors (Lipinski definition) is 8. The van der Waals surface area contributed by atoms with Gasteiger partial charge in [0.25, 0.3) is 0 Å². The van der Waals surface area contributed by atoms with E-state index in [2.05, 4.69) is 39.6 Å². The quantitative estimate of drug-likeness (QED) is 0.323. The Morgan fingerprint density at radius 1 is 0.955 bits per heavy atom. The number of ketones is 1. The fraction of sp³-hybridized carbons (Fsp3) is 0.914. The molecule has 6 atom stereocenters. The summed E-state index contributed by atoms with van der Waals surface area (Å²) in [6, 6.07) is 0. The number of aliphatic hydroxyl groups excluding tert-OH is 1. The molecule has 0 aliphatic carbocycles. The molecule has 0 radical (unpaired) electrons. The van der Waals surface area contributed by atoms with Crippen molar-refractivity contribution in [2.24, 2.45) is 29.1 Å². The molecule has 0 aromatic rings. The molecule has 9 heteroatoms. The zero-order valence-corrected chi connectivity index (χ0v) is 30.5. The molecule has 1 amide bonds. The first-order valence-corrected chi connectivity index (χ1v) is 17.3. The van der Waals surface area contributed by atoms with Crippen molar-refractivity contribution in [2.75, 3.05) is 60.0 Å². The minimum Gasteiger partial charge on any atom is -0.465 e. The molecule has 0 spiro atoms. The Kier molecular flexibility index (Phi) is 21.3. The predicted octanol–water partition coefficient (Wildman–Crippen LogP) is 5.49. The smallest absolute Gasteiger partial charge is 0.319 e. The van der Waals surface area contributed by atoms with Gasteiger partial charge in [0.15, 0.2) is 12.1 Å². The highest BCUT2D eigenvalue weighted by atomic mass is 16.6. The van der Waals surface area contributed by atoms with Crippen LogP contribution in [-0.4, -0.2) is 110 Å². The Morgan fingerprint density at radius 2 is 1.57 bits per heavy atom. The minimum absolute atomic E-state index is 0.0517. The molecule has 0 aromatic heterocycles. The van der Waals surface area contributed by atoms with E-state index in [1.165, 1.54) is 0 Å². The van der Waals surface area contributed by atoms with E-state index in [4.69, 9.17) is 14.6 Å². The van der Waals surface area contributed by atoms with Gasteiger partial charge in [0, 0.05) is 38.5 Å².